The largest absolute Gasteiger partial charge is 0.534 e. The average Bonchev–Trinajstić information content (AvgIpc) is 2.26. The quantitative estimate of drug-likeness (QED) is 0.461. The van der Waals surface area contributed by atoms with Crippen molar-refractivity contribution in [1.29, 1.82) is 0 Å². The maximum atomic E-state index is 12.1. The molecule has 19 heavy (non-hydrogen) atoms. The van der Waals surface area contributed by atoms with Crippen molar-refractivity contribution in [3.63, 3.8) is 0 Å². The highest BCUT2D eigenvalue weighted by Crippen LogP contribution is 2.30. The van der Waals surface area contributed by atoms with Crippen LogP contribution in [0, 0.1) is 0 Å². The first-order chi connectivity index (χ1) is 8.67. The molecule has 0 aliphatic heterocycles. The Balaban J connectivity index is 2.68. The number of hydrogen-bond donors (Lipinski definition) is 1. The average molecular weight is 306 g/mol. The zero-order valence-electron chi connectivity index (χ0n) is 9.88. The second-order valence-electron chi connectivity index (χ2n) is 3.76. The van der Waals surface area contributed by atoms with E-state index in [0.29, 0.717) is 0 Å². The van der Waals surface area contributed by atoms with E-state index in [-0.39, 0.29) is 19.6 Å². The predicted octanol–water partition coefficient (Wildman–Crippen LogP) is 0.880. The van der Waals surface area contributed by atoms with Gasteiger partial charge in [0.2, 0.25) is 0 Å². The molecule has 1 aliphatic rings. The molecule has 0 aromatic carbocycles. The first kappa shape index (κ1) is 16.2. The third-order valence-electron chi connectivity index (χ3n) is 2.31. The van der Waals surface area contributed by atoms with Crippen molar-refractivity contribution in [3.8, 4) is 0 Å². The van der Waals surface area contributed by atoms with Crippen molar-refractivity contribution in [2.75, 3.05) is 13.9 Å². The zero-order chi connectivity index (χ0) is 14.7. The molecule has 0 saturated heterocycles. The second kappa shape index (κ2) is 6.07. The van der Waals surface area contributed by atoms with Gasteiger partial charge in [-0.1, -0.05) is 0 Å². The Kier molecular flexibility index (Phi) is 5.18. The summed E-state index contributed by atoms with van der Waals surface area (Å²) in [5.74, 6) is -0.456. The molecule has 6 nitrogen and oxygen atoms in total. The van der Waals surface area contributed by atoms with E-state index in [0.717, 1.165) is 6.08 Å². The minimum atomic E-state index is -5.70. The van der Waals surface area contributed by atoms with Gasteiger partial charge in [0, 0.05) is 13.5 Å². The summed E-state index contributed by atoms with van der Waals surface area (Å²) in [7, 11) is -4.33. The van der Waals surface area contributed by atoms with Crippen LogP contribution >= 0.6 is 0 Å². The van der Waals surface area contributed by atoms with Gasteiger partial charge < -0.3 is 18.8 Å². The van der Waals surface area contributed by atoms with Crippen LogP contribution in [0.4, 0.5) is 13.2 Å². The number of methoxy groups -OCH3 is 1. The van der Waals surface area contributed by atoms with Crippen molar-refractivity contribution >= 4 is 10.1 Å². The van der Waals surface area contributed by atoms with E-state index in [1.54, 1.807) is 0 Å². The number of allylic oxidation sites excluding steroid dienone is 1. The Morgan fingerprint density at radius 1 is 1.47 bits per heavy atom. The van der Waals surface area contributed by atoms with E-state index < -0.39 is 33.6 Å². The van der Waals surface area contributed by atoms with Gasteiger partial charge in [0.1, 0.15) is 18.7 Å². The minimum Gasteiger partial charge on any atom is -0.386 e. The Bertz CT molecular complexity index is 430. The molecule has 0 heterocycles. The van der Waals surface area contributed by atoms with Crippen LogP contribution in [0.3, 0.4) is 0 Å². The van der Waals surface area contributed by atoms with Crippen LogP contribution in [0.25, 0.3) is 0 Å². The summed E-state index contributed by atoms with van der Waals surface area (Å²) in [5.41, 5.74) is -5.50. The molecular weight excluding hydrogens is 293 g/mol. The van der Waals surface area contributed by atoms with Crippen LogP contribution in [0.15, 0.2) is 11.8 Å². The second-order valence-corrected chi connectivity index (χ2v) is 5.29. The summed E-state index contributed by atoms with van der Waals surface area (Å²) < 4.78 is 71.4. The lowest BCUT2D eigenvalue weighted by molar-refractivity contribution is -0.108. The summed E-state index contributed by atoms with van der Waals surface area (Å²) >= 11 is 0. The number of alkyl halides is 3. The summed E-state index contributed by atoms with van der Waals surface area (Å²) in [6, 6.07) is 0. The van der Waals surface area contributed by atoms with Crippen LogP contribution < -0.4 is 0 Å². The molecule has 0 saturated carbocycles. The standard InChI is InChI=1S/C9H13F3O6S/c1-16-5-17-8-3-2-6(4-7(8)13)18-19(14,15)9(10,11)12/h4,7-8,13H,2-3,5H2,1H3/t7-,8-/m1/s1. The molecule has 0 unspecified atom stereocenters. The van der Waals surface area contributed by atoms with Crippen molar-refractivity contribution in [3.05, 3.63) is 11.8 Å². The van der Waals surface area contributed by atoms with Crippen LogP contribution in [-0.2, 0) is 23.8 Å². The normalized spacial score (nSPS) is 25.0. The maximum Gasteiger partial charge on any atom is 0.534 e. The van der Waals surface area contributed by atoms with Gasteiger partial charge in [0.05, 0.1) is 6.10 Å². The fourth-order valence-electron chi connectivity index (χ4n) is 1.43. The third-order valence-corrected chi connectivity index (χ3v) is 3.31. The molecule has 1 aliphatic carbocycles. The Hall–Kier alpha value is -0.840. The van der Waals surface area contributed by atoms with Gasteiger partial charge in [-0.3, -0.25) is 0 Å². The summed E-state index contributed by atoms with van der Waals surface area (Å²) in [6.07, 6.45) is -1.04. The molecular formula is C9H13F3O6S. The minimum absolute atomic E-state index is 0.0907. The molecule has 1 rings (SSSR count). The van der Waals surface area contributed by atoms with E-state index in [9.17, 15) is 26.7 Å². The highest BCUT2D eigenvalue weighted by molar-refractivity contribution is 7.87. The summed E-state index contributed by atoms with van der Waals surface area (Å²) in [4.78, 5) is 0. The fraction of sp³-hybridized carbons (Fsp3) is 0.778. The van der Waals surface area contributed by atoms with Gasteiger partial charge in [-0.15, -0.1) is 0 Å². The Morgan fingerprint density at radius 3 is 2.58 bits per heavy atom. The van der Waals surface area contributed by atoms with Gasteiger partial charge >= 0.3 is 15.6 Å². The van der Waals surface area contributed by atoms with E-state index >= 15 is 0 Å². The van der Waals surface area contributed by atoms with E-state index in [2.05, 4.69) is 8.92 Å². The predicted molar refractivity (Wildman–Crippen MR) is 56.1 cm³/mol. The lowest BCUT2D eigenvalue weighted by Crippen LogP contribution is -2.33. The maximum absolute atomic E-state index is 12.1. The van der Waals surface area contributed by atoms with Crippen molar-refractivity contribution < 1.29 is 40.4 Å². The van der Waals surface area contributed by atoms with Gasteiger partial charge in [-0.25, -0.2) is 0 Å². The molecule has 0 fully saturated rings. The molecule has 1 N–H and O–H groups in total. The molecule has 112 valence electrons. The number of aliphatic hydroxyl groups excluding tert-OH is 1. The molecule has 0 amide bonds. The van der Waals surface area contributed by atoms with Crippen molar-refractivity contribution in [1.82, 2.24) is 0 Å². The van der Waals surface area contributed by atoms with Gasteiger partial charge in [-0.05, 0) is 12.5 Å². The van der Waals surface area contributed by atoms with Gasteiger partial charge in [0.15, 0.2) is 0 Å². The monoisotopic (exact) mass is 306 g/mol. The topological polar surface area (TPSA) is 82.1 Å². The summed E-state index contributed by atoms with van der Waals surface area (Å²) in [6.45, 7) is -0.0907. The molecule has 0 spiro atoms. The highest BCUT2D eigenvalue weighted by Gasteiger charge is 2.49. The molecule has 10 heteroatoms. The SMILES string of the molecule is COCO[C@@H]1CCC(OS(=O)(=O)C(F)(F)F)=C[C@H]1O. The van der Waals surface area contributed by atoms with Gasteiger partial charge in [-0.2, -0.15) is 21.6 Å². The van der Waals surface area contributed by atoms with Crippen LogP contribution in [-0.4, -0.2) is 45.1 Å². The van der Waals surface area contributed by atoms with Crippen molar-refractivity contribution in [2.24, 2.45) is 0 Å². The fourth-order valence-corrected chi connectivity index (χ4v) is 1.95. The first-order valence-electron chi connectivity index (χ1n) is 5.17. The molecule has 2 atom stereocenters. The van der Waals surface area contributed by atoms with E-state index in [4.69, 9.17) is 4.74 Å². The number of ether oxygens (including phenoxy) is 2. The van der Waals surface area contributed by atoms with Crippen LogP contribution in [0.1, 0.15) is 12.8 Å². The first-order valence-corrected chi connectivity index (χ1v) is 6.58. The van der Waals surface area contributed by atoms with Crippen LogP contribution in [0.5, 0.6) is 0 Å². The molecule has 0 radical (unpaired) electrons. The van der Waals surface area contributed by atoms with E-state index in [1.807, 2.05) is 0 Å². The Labute approximate surface area is 107 Å². The smallest absolute Gasteiger partial charge is 0.386 e. The molecule has 0 bridgehead atoms. The lowest BCUT2D eigenvalue weighted by Gasteiger charge is -2.26. The molecule has 0 aromatic rings. The zero-order valence-corrected chi connectivity index (χ0v) is 10.7. The number of rotatable bonds is 5. The number of hydrogen-bond acceptors (Lipinski definition) is 6. The Morgan fingerprint density at radius 2 is 2.11 bits per heavy atom. The lowest BCUT2D eigenvalue weighted by atomic mass is 10.0. The number of halogens is 3. The summed E-state index contributed by atoms with van der Waals surface area (Å²) in [5, 5.41) is 9.55. The van der Waals surface area contributed by atoms with Crippen LogP contribution in [0.2, 0.25) is 0 Å². The van der Waals surface area contributed by atoms with Gasteiger partial charge in [0.25, 0.3) is 0 Å². The molecule has 0 aromatic heterocycles. The van der Waals surface area contributed by atoms with E-state index in [1.165, 1.54) is 7.11 Å². The van der Waals surface area contributed by atoms with Crippen molar-refractivity contribution in [2.45, 2.75) is 30.6 Å². The number of aliphatic hydroxyl groups is 1. The third kappa shape index (κ3) is 4.34. The highest BCUT2D eigenvalue weighted by atomic mass is 32.2.